The van der Waals surface area contributed by atoms with Crippen LogP contribution >= 0.6 is 0 Å². The second kappa shape index (κ2) is 5.05. The third kappa shape index (κ3) is 2.40. The lowest BCUT2D eigenvalue weighted by molar-refractivity contribution is 0.100. The Morgan fingerprint density at radius 2 is 2.19 bits per heavy atom. The van der Waals surface area contributed by atoms with E-state index < -0.39 is 11.7 Å². The molecule has 0 saturated carbocycles. The van der Waals surface area contributed by atoms with Crippen molar-refractivity contribution in [2.45, 2.75) is 19.9 Å². The quantitative estimate of drug-likeness (QED) is 0.800. The van der Waals surface area contributed by atoms with Gasteiger partial charge in [-0.1, -0.05) is 6.92 Å². The number of primary amides is 1. The highest BCUT2D eigenvalue weighted by Crippen LogP contribution is 2.21. The summed E-state index contributed by atoms with van der Waals surface area (Å²) in [4.78, 5) is 11.4. The fourth-order valence-electron chi connectivity index (χ4n) is 2.38. The molecule has 0 atom stereocenters. The molecular formula is C15H15FN4O. The fraction of sp³-hybridized carbons (Fsp3) is 0.200. The van der Waals surface area contributed by atoms with Gasteiger partial charge in [0, 0.05) is 30.5 Å². The second-order valence-corrected chi connectivity index (χ2v) is 4.94. The van der Waals surface area contributed by atoms with E-state index in [1.165, 1.54) is 6.07 Å². The smallest absolute Gasteiger partial charge is 0.251 e. The van der Waals surface area contributed by atoms with Crippen molar-refractivity contribution >= 4 is 16.8 Å². The van der Waals surface area contributed by atoms with Crippen LogP contribution in [0.2, 0.25) is 0 Å². The first-order chi connectivity index (χ1) is 10.1. The lowest BCUT2D eigenvalue weighted by Crippen LogP contribution is -2.12. The SMILES string of the molecule is CCCn1ccc(-n2cc3cc(F)cc(C(N)=O)c3n2)c1. The minimum absolute atomic E-state index is 0.0942. The predicted molar refractivity (Wildman–Crippen MR) is 77.8 cm³/mol. The number of carbonyl (C=O) groups is 1. The normalized spacial score (nSPS) is 11.1. The number of benzene rings is 1. The summed E-state index contributed by atoms with van der Waals surface area (Å²) in [6.07, 6.45) is 6.64. The number of fused-ring (bicyclic) bond motifs is 1. The molecule has 2 heterocycles. The molecule has 2 aromatic heterocycles. The van der Waals surface area contributed by atoms with Gasteiger partial charge in [0.15, 0.2) is 0 Å². The van der Waals surface area contributed by atoms with E-state index in [1.54, 1.807) is 10.9 Å². The molecule has 1 aromatic carbocycles. The molecule has 21 heavy (non-hydrogen) atoms. The van der Waals surface area contributed by atoms with E-state index in [-0.39, 0.29) is 5.56 Å². The summed E-state index contributed by atoms with van der Waals surface area (Å²) in [6, 6.07) is 4.38. The first-order valence-electron chi connectivity index (χ1n) is 6.73. The van der Waals surface area contributed by atoms with E-state index in [1.807, 2.05) is 18.5 Å². The zero-order valence-corrected chi connectivity index (χ0v) is 11.6. The highest BCUT2D eigenvalue weighted by Gasteiger charge is 2.13. The summed E-state index contributed by atoms with van der Waals surface area (Å²) in [7, 11) is 0. The molecule has 2 N–H and O–H groups in total. The van der Waals surface area contributed by atoms with Crippen molar-refractivity contribution in [3.8, 4) is 5.69 Å². The summed E-state index contributed by atoms with van der Waals surface area (Å²) in [6.45, 7) is 3.02. The minimum atomic E-state index is -0.687. The number of aryl methyl sites for hydroxylation is 1. The van der Waals surface area contributed by atoms with Gasteiger partial charge in [0.05, 0.1) is 11.3 Å². The largest absolute Gasteiger partial charge is 0.366 e. The molecule has 3 aromatic rings. The molecule has 0 aliphatic rings. The Morgan fingerprint density at radius 3 is 2.90 bits per heavy atom. The van der Waals surface area contributed by atoms with Gasteiger partial charge in [0.1, 0.15) is 11.3 Å². The number of nitrogens with two attached hydrogens (primary N) is 1. The van der Waals surface area contributed by atoms with Crippen LogP contribution in [0.1, 0.15) is 23.7 Å². The summed E-state index contributed by atoms with van der Waals surface area (Å²) in [5, 5.41) is 4.90. The molecule has 0 aliphatic heterocycles. The number of hydrogen-bond acceptors (Lipinski definition) is 2. The Hall–Kier alpha value is -2.63. The number of hydrogen-bond donors (Lipinski definition) is 1. The molecule has 0 saturated heterocycles. The molecule has 0 aliphatic carbocycles. The topological polar surface area (TPSA) is 65.8 Å². The number of rotatable bonds is 4. The van der Waals surface area contributed by atoms with Gasteiger partial charge in [-0.15, -0.1) is 0 Å². The lowest BCUT2D eigenvalue weighted by Gasteiger charge is -1.98. The molecule has 0 spiro atoms. The van der Waals surface area contributed by atoms with Crippen LogP contribution in [0.25, 0.3) is 16.6 Å². The number of carbonyl (C=O) groups excluding carboxylic acids is 1. The molecule has 3 rings (SSSR count). The van der Waals surface area contributed by atoms with Crippen LogP contribution in [0.15, 0.2) is 36.8 Å². The van der Waals surface area contributed by atoms with E-state index in [4.69, 9.17) is 5.73 Å². The Balaban J connectivity index is 2.11. The van der Waals surface area contributed by atoms with Gasteiger partial charge in [-0.25, -0.2) is 9.07 Å². The summed E-state index contributed by atoms with van der Waals surface area (Å²) < 4.78 is 17.2. The maximum Gasteiger partial charge on any atom is 0.251 e. The van der Waals surface area contributed by atoms with Crippen LogP contribution in [-0.2, 0) is 6.54 Å². The molecule has 5 nitrogen and oxygen atoms in total. The molecule has 1 amide bonds. The summed E-state index contributed by atoms with van der Waals surface area (Å²) in [5.41, 5.74) is 6.64. The average Bonchev–Trinajstić information content (AvgIpc) is 3.04. The standard InChI is InChI=1S/C15H15FN4O/c1-2-4-19-5-3-12(9-19)20-8-10-6-11(16)7-13(15(17)21)14(10)18-20/h3,5-9H,2,4H2,1H3,(H2,17,21). The maximum atomic E-state index is 13.5. The van der Waals surface area contributed by atoms with Crippen LogP contribution in [0, 0.1) is 5.82 Å². The highest BCUT2D eigenvalue weighted by atomic mass is 19.1. The van der Waals surface area contributed by atoms with Crippen molar-refractivity contribution in [3.63, 3.8) is 0 Å². The van der Waals surface area contributed by atoms with Crippen LogP contribution in [0.5, 0.6) is 0 Å². The van der Waals surface area contributed by atoms with Crippen molar-refractivity contribution < 1.29 is 9.18 Å². The Bertz CT molecular complexity index is 818. The van der Waals surface area contributed by atoms with Crippen molar-refractivity contribution in [1.82, 2.24) is 14.3 Å². The van der Waals surface area contributed by atoms with Crippen LogP contribution in [0.3, 0.4) is 0 Å². The Morgan fingerprint density at radius 1 is 1.38 bits per heavy atom. The number of nitrogens with zero attached hydrogens (tertiary/aromatic N) is 3. The molecule has 6 heteroatoms. The Kier molecular flexibility index (Phi) is 3.21. The van der Waals surface area contributed by atoms with Gasteiger partial charge in [-0.2, -0.15) is 5.10 Å². The first kappa shape index (κ1) is 13.4. The van der Waals surface area contributed by atoms with Gasteiger partial charge >= 0.3 is 0 Å². The van der Waals surface area contributed by atoms with E-state index in [0.29, 0.717) is 10.9 Å². The second-order valence-electron chi connectivity index (χ2n) is 4.94. The molecule has 0 unspecified atom stereocenters. The van der Waals surface area contributed by atoms with Crippen LogP contribution in [-0.4, -0.2) is 20.3 Å². The van der Waals surface area contributed by atoms with Gasteiger partial charge in [0.2, 0.25) is 0 Å². The maximum absolute atomic E-state index is 13.5. The van der Waals surface area contributed by atoms with Crippen LogP contribution < -0.4 is 5.73 Å². The average molecular weight is 286 g/mol. The van der Waals surface area contributed by atoms with Crippen molar-refractivity contribution in [3.05, 3.63) is 48.2 Å². The predicted octanol–water partition coefficient (Wildman–Crippen LogP) is 2.47. The zero-order valence-electron chi connectivity index (χ0n) is 11.6. The van der Waals surface area contributed by atoms with Gasteiger partial charge in [-0.05, 0) is 24.6 Å². The van der Waals surface area contributed by atoms with Crippen molar-refractivity contribution in [2.75, 3.05) is 0 Å². The molecule has 108 valence electrons. The van der Waals surface area contributed by atoms with Gasteiger partial charge < -0.3 is 10.3 Å². The van der Waals surface area contributed by atoms with E-state index >= 15 is 0 Å². The highest BCUT2D eigenvalue weighted by molar-refractivity contribution is 6.04. The summed E-state index contributed by atoms with van der Waals surface area (Å²) >= 11 is 0. The van der Waals surface area contributed by atoms with E-state index in [2.05, 4.69) is 16.6 Å². The van der Waals surface area contributed by atoms with E-state index in [0.717, 1.165) is 24.7 Å². The summed E-state index contributed by atoms with van der Waals surface area (Å²) in [5.74, 6) is -1.19. The molecule has 0 radical (unpaired) electrons. The van der Waals surface area contributed by atoms with Crippen molar-refractivity contribution in [2.24, 2.45) is 5.73 Å². The molecule has 0 bridgehead atoms. The van der Waals surface area contributed by atoms with E-state index in [9.17, 15) is 9.18 Å². The Labute approximate surface area is 120 Å². The minimum Gasteiger partial charge on any atom is -0.366 e. The molecule has 0 fully saturated rings. The number of halogens is 1. The number of amides is 1. The third-order valence-electron chi connectivity index (χ3n) is 3.32. The van der Waals surface area contributed by atoms with Crippen LogP contribution in [0.4, 0.5) is 4.39 Å². The first-order valence-corrected chi connectivity index (χ1v) is 6.73. The monoisotopic (exact) mass is 286 g/mol. The van der Waals surface area contributed by atoms with Crippen molar-refractivity contribution in [1.29, 1.82) is 0 Å². The molecular weight excluding hydrogens is 271 g/mol. The zero-order chi connectivity index (χ0) is 15.0. The van der Waals surface area contributed by atoms with Gasteiger partial charge in [0.25, 0.3) is 5.91 Å². The number of aromatic nitrogens is 3. The van der Waals surface area contributed by atoms with Gasteiger partial charge in [-0.3, -0.25) is 4.79 Å². The third-order valence-corrected chi connectivity index (χ3v) is 3.32. The lowest BCUT2D eigenvalue weighted by atomic mass is 10.1. The fourth-order valence-corrected chi connectivity index (χ4v) is 2.38.